The summed E-state index contributed by atoms with van der Waals surface area (Å²) in [6.07, 6.45) is 2.03. The summed E-state index contributed by atoms with van der Waals surface area (Å²) in [5, 5.41) is 12.3. The molecule has 0 bridgehead atoms. The zero-order valence-electron chi connectivity index (χ0n) is 14.7. The molecule has 1 fully saturated rings. The van der Waals surface area contributed by atoms with Crippen LogP contribution in [-0.2, 0) is 9.59 Å². The molecule has 0 aromatic carbocycles. The van der Waals surface area contributed by atoms with Gasteiger partial charge in [-0.2, -0.15) is 0 Å². The van der Waals surface area contributed by atoms with Crippen LogP contribution in [0.2, 0.25) is 0 Å². The van der Waals surface area contributed by atoms with Gasteiger partial charge in [-0.25, -0.2) is 0 Å². The van der Waals surface area contributed by atoms with Crippen LogP contribution in [0.1, 0.15) is 53.9 Å². The van der Waals surface area contributed by atoms with E-state index in [1.54, 1.807) is 0 Å². The number of carbonyl (C=O) groups is 2. The van der Waals surface area contributed by atoms with Crippen molar-refractivity contribution in [3.8, 4) is 0 Å². The summed E-state index contributed by atoms with van der Waals surface area (Å²) in [7, 11) is 0. The summed E-state index contributed by atoms with van der Waals surface area (Å²) in [4.78, 5) is 26.4. The molecule has 1 rings (SSSR count). The van der Waals surface area contributed by atoms with Crippen LogP contribution >= 0.6 is 0 Å². The molecule has 5 heteroatoms. The molecule has 0 spiro atoms. The maximum absolute atomic E-state index is 12.3. The molecule has 2 unspecified atom stereocenters. The fourth-order valence-corrected chi connectivity index (χ4v) is 2.78. The maximum atomic E-state index is 12.3. The van der Waals surface area contributed by atoms with Crippen LogP contribution in [0.25, 0.3) is 0 Å². The van der Waals surface area contributed by atoms with E-state index >= 15 is 0 Å². The number of aliphatic hydroxyl groups is 1. The van der Waals surface area contributed by atoms with Gasteiger partial charge in [0.25, 0.3) is 0 Å². The Bertz CT molecular complexity index is 388. The minimum Gasteiger partial charge on any atom is -0.396 e. The van der Waals surface area contributed by atoms with E-state index in [2.05, 4.69) is 5.32 Å². The monoisotopic (exact) mass is 312 g/mol. The van der Waals surface area contributed by atoms with E-state index in [0.29, 0.717) is 31.8 Å². The molecule has 1 aliphatic rings. The molecule has 22 heavy (non-hydrogen) atoms. The van der Waals surface area contributed by atoms with Crippen molar-refractivity contribution in [2.24, 2.45) is 17.3 Å². The normalized spacial score (nSPS) is 22.8. The summed E-state index contributed by atoms with van der Waals surface area (Å²) >= 11 is 0. The molecule has 0 aromatic rings. The molecule has 1 aliphatic heterocycles. The van der Waals surface area contributed by atoms with Gasteiger partial charge >= 0.3 is 0 Å². The van der Waals surface area contributed by atoms with E-state index in [1.807, 2.05) is 39.5 Å². The molecule has 5 nitrogen and oxygen atoms in total. The standard InChI is InChI=1S/C17H32N2O3/c1-12(2)8-15(21)19-10-13(6-7-20)9-14(11-19)18-16(22)17(3,4)5/h12-14,20H,6-11H2,1-5H3,(H,18,22). The summed E-state index contributed by atoms with van der Waals surface area (Å²) in [6, 6.07) is -0.0202. The average molecular weight is 312 g/mol. The Balaban J connectivity index is 2.72. The van der Waals surface area contributed by atoms with Crippen LogP contribution < -0.4 is 5.32 Å². The first-order valence-corrected chi connectivity index (χ1v) is 8.33. The number of likely N-dealkylation sites (tertiary alicyclic amines) is 1. The highest BCUT2D eigenvalue weighted by atomic mass is 16.3. The Morgan fingerprint density at radius 3 is 2.41 bits per heavy atom. The topological polar surface area (TPSA) is 69.6 Å². The maximum Gasteiger partial charge on any atom is 0.225 e. The van der Waals surface area contributed by atoms with Gasteiger partial charge in [-0.3, -0.25) is 9.59 Å². The van der Waals surface area contributed by atoms with Gasteiger partial charge in [0.1, 0.15) is 0 Å². The van der Waals surface area contributed by atoms with E-state index in [0.717, 1.165) is 6.42 Å². The zero-order chi connectivity index (χ0) is 16.9. The van der Waals surface area contributed by atoms with E-state index < -0.39 is 5.41 Å². The molecule has 2 N–H and O–H groups in total. The van der Waals surface area contributed by atoms with Crippen molar-refractivity contribution in [2.45, 2.75) is 59.9 Å². The van der Waals surface area contributed by atoms with E-state index in [4.69, 9.17) is 0 Å². The molecule has 0 aliphatic carbocycles. The van der Waals surface area contributed by atoms with Crippen LogP contribution in [0.3, 0.4) is 0 Å². The summed E-state index contributed by atoms with van der Waals surface area (Å²) in [5.41, 5.74) is -0.434. The molecule has 2 atom stereocenters. The van der Waals surface area contributed by atoms with Gasteiger partial charge < -0.3 is 15.3 Å². The van der Waals surface area contributed by atoms with Gasteiger partial charge in [0.05, 0.1) is 0 Å². The fourth-order valence-electron chi connectivity index (χ4n) is 2.78. The number of carbonyl (C=O) groups excluding carboxylic acids is 2. The van der Waals surface area contributed by atoms with Gasteiger partial charge in [0.2, 0.25) is 11.8 Å². The number of rotatable bonds is 5. The third-order valence-corrected chi connectivity index (χ3v) is 4.03. The highest BCUT2D eigenvalue weighted by molar-refractivity contribution is 5.82. The first-order chi connectivity index (χ1) is 10.1. The lowest BCUT2D eigenvalue weighted by Crippen LogP contribution is -2.54. The van der Waals surface area contributed by atoms with Gasteiger partial charge in [-0.05, 0) is 24.7 Å². The number of aliphatic hydroxyl groups excluding tert-OH is 1. The van der Waals surface area contributed by atoms with Gasteiger partial charge in [0, 0.05) is 37.6 Å². The molecule has 0 radical (unpaired) electrons. The van der Waals surface area contributed by atoms with Crippen molar-refractivity contribution in [3.05, 3.63) is 0 Å². The SMILES string of the molecule is CC(C)CC(=O)N1CC(CCO)CC(NC(=O)C(C)(C)C)C1. The van der Waals surface area contributed by atoms with Crippen LogP contribution in [0.15, 0.2) is 0 Å². The Kier molecular flexibility index (Phi) is 6.85. The largest absolute Gasteiger partial charge is 0.396 e. The summed E-state index contributed by atoms with van der Waals surface area (Å²) < 4.78 is 0. The van der Waals surface area contributed by atoms with Crippen molar-refractivity contribution in [2.75, 3.05) is 19.7 Å². The molecule has 2 amide bonds. The second-order valence-electron chi connectivity index (χ2n) is 7.93. The number of nitrogens with zero attached hydrogens (tertiary/aromatic N) is 1. The lowest BCUT2D eigenvalue weighted by atomic mass is 9.89. The Morgan fingerprint density at radius 1 is 1.27 bits per heavy atom. The number of piperidine rings is 1. The number of hydrogen-bond acceptors (Lipinski definition) is 3. The highest BCUT2D eigenvalue weighted by Crippen LogP contribution is 2.23. The number of nitrogens with one attached hydrogen (secondary N) is 1. The average Bonchev–Trinajstić information content (AvgIpc) is 2.36. The Labute approximate surface area is 134 Å². The predicted octanol–water partition coefficient (Wildman–Crippen LogP) is 1.79. The second kappa shape index (κ2) is 7.95. The lowest BCUT2D eigenvalue weighted by Gasteiger charge is -2.39. The van der Waals surface area contributed by atoms with Gasteiger partial charge in [0.15, 0.2) is 0 Å². The lowest BCUT2D eigenvalue weighted by molar-refractivity contribution is -0.136. The van der Waals surface area contributed by atoms with Crippen LogP contribution in [0.4, 0.5) is 0 Å². The highest BCUT2D eigenvalue weighted by Gasteiger charge is 2.32. The number of hydrogen-bond donors (Lipinski definition) is 2. The third kappa shape index (κ3) is 5.95. The van der Waals surface area contributed by atoms with Gasteiger partial charge in [-0.1, -0.05) is 34.6 Å². The van der Waals surface area contributed by atoms with Crippen molar-refractivity contribution in [1.29, 1.82) is 0 Å². The quantitative estimate of drug-likeness (QED) is 0.813. The van der Waals surface area contributed by atoms with E-state index in [-0.39, 0.29) is 30.4 Å². The second-order valence-corrected chi connectivity index (χ2v) is 7.93. The molecular weight excluding hydrogens is 280 g/mol. The van der Waals surface area contributed by atoms with Gasteiger partial charge in [-0.15, -0.1) is 0 Å². The first-order valence-electron chi connectivity index (χ1n) is 8.33. The molecule has 0 aromatic heterocycles. The third-order valence-electron chi connectivity index (χ3n) is 4.03. The summed E-state index contributed by atoms with van der Waals surface area (Å²) in [6.45, 7) is 11.1. The minimum atomic E-state index is -0.434. The molecule has 128 valence electrons. The van der Waals surface area contributed by atoms with E-state index in [1.165, 1.54) is 0 Å². The van der Waals surface area contributed by atoms with Crippen molar-refractivity contribution >= 4 is 11.8 Å². The number of amides is 2. The minimum absolute atomic E-state index is 0.0124. The van der Waals surface area contributed by atoms with Crippen LogP contribution in [0.5, 0.6) is 0 Å². The van der Waals surface area contributed by atoms with E-state index in [9.17, 15) is 14.7 Å². The van der Waals surface area contributed by atoms with Crippen molar-refractivity contribution in [1.82, 2.24) is 10.2 Å². The fraction of sp³-hybridized carbons (Fsp3) is 0.882. The smallest absolute Gasteiger partial charge is 0.225 e. The molecule has 1 heterocycles. The molecule has 0 saturated carbocycles. The van der Waals surface area contributed by atoms with Crippen LogP contribution in [0, 0.1) is 17.3 Å². The Hall–Kier alpha value is -1.10. The predicted molar refractivity (Wildman–Crippen MR) is 87.2 cm³/mol. The first kappa shape index (κ1) is 18.9. The van der Waals surface area contributed by atoms with Crippen LogP contribution in [-0.4, -0.2) is 47.6 Å². The zero-order valence-corrected chi connectivity index (χ0v) is 14.7. The Morgan fingerprint density at radius 2 is 1.91 bits per heavy atom. The summed E-state index contributed by atoms with van der Waals surface area (Å²) in [5.74, 6) is 0.736. The van der Waals surface area contributed by atoms with Crippen molar-refractivity contribution < 1.29 is 14.7 Å². The molecular formula is C17H32N2O3. The molecule has 1 saturated heterocycles. The van der Waals surface area contributed by atoms with Crippen molar-refractivity contribution in [3.63, 3.8) is 0 Å².